The highest BCUT2D eigenvalue weighted by Gasteiger charge is 2.09. The average molecular weight is 370 g/mol. The van der Waals surface area contributed by atoms with Crippen LogP contribution in [0.1, 0.15) is 24.5 Å². The van der Waals surface area contributed by atoms with Crippen LogP contribution in [-0.4, -0.2) is 0 Å². The molecule has 0 aliphatic rings. The highest BCUT2D eigenvalue weighted by Crippen LogP contribution is 2.33. The van der Waals surface area contributed by atoms with E-state index >= 15 is 0 Å². The van der Waals surface area contributed by atoms with Crippen LogP contribution in [0.2, 0.25) is 5.02 Å². The van der Waals surface area contributed by atoms with E-state index in [1.54, 1.807) is 0 Å². The van der Waals surface area contributed by atoms with Gasteiger partial charge in [-0.1, -0.05) is 37.1 Å². The molecule has 0 N–H and O–H groups in total. The van der Waals surface area contributed by atoms with Gasteiger partial charge in [-0.15, -0.1) is 0 Å². The first-order valence-corrected chi connectivity index (χ1v) is 7.54. The number of aryl methyl sites for hydroxylation is 2. The van der Waals surface area contributed by atoms with E-state index in [9.17, 15) is 0 Å². The molecule has 0 unspecified atom stereocenters. The molecule has 0 nitrogen and oxygen atoms in total. The molecule has 2 aromatic rings. The zero-order valence-electron chi connectivity index (χ0n) is 10.6. The molecule has 93 valence electrons. The second-order valence-electron chi connectivity index (χ2n) is 4.43. The summed E-state index contributed by atoms with van der Waals surface area (Å²) in [5.41, 5.74) is 4.85. The van der Waals surface area contributed by atoms with Crippen molar-refractivity contribution in [3.63, 3.8) is 0 Å². The Balaban J connectivity index is 2.61. The van der Waals surface area contributed by atoms with E-state index in [0.29, 0.717) is 0 Å². The summed E-state index contributed by atoms with van der Waals surface area (Å²) in [6.07, 6.45) is 2.19. The van der Waals surface area contributed by atoms with Crippen LogP contribution in [0.15, 0.2) is 30.3 Å². The van der Waals surface area contributed by atoms with Crippen molar-refractivity contribution in [2.24, 2.45) is 0 Å². The minimum atomic E-state index is 0.818. The first-order chi connectivity index (χ1) is 8.61. The molecular formula is C16H15ClI. The summed E-state index contributed by atoms with van der Waals surface area (Å²) in [6.45, 7) is 4.26. The first kappa shape index (κ1) is 13.9. The molecule has 18 heavy (non-hydrogen) atoms. The molecule has 0 heterocycles. The van der Waals surface area contributed by atoms with Gasteiger partial charge >= 0.3 is 0 Å². The van der Waals surface area contributed by atoms with Crippen molar-refractivity contribution in [2.75, 3.05) is 0 Å². The molecule has 2 rings (SSSR count). The third-order valence-electron chi connectivity index (χ3n) is 2.92. The van der Waals surface area contributed by atoms with Crippen LogP contribution in [-0.2, 0) is 6.42 Å². The molecule has 0 bridgehead atoms. The van der Waals surface area contributed by atoms with Crippen LogP contribution < -0.4 is 0 Å². The maximum atomic E-state index is 6.34. The molecule has 0 saturated carbocycles. The van der Waals surface area contributed by atoms with E-state index in [1.165, 1.54) is 14.7 Å². The lowest BCUT2D eigenvalue weighted by Crippen LogP contribution is -1.92. The molecule has 0 amide bonds. The zero-order chi connectivity index (χ0) is 13.1. The van der Waals surface area contributed by atoms with Crippen LogP contribution in [0.4, 0.5) is 0 Å². The largest absolute Gasteiger partial charge is 0.0837 e. The van der Waals surface area contributed by atoms with E-state index in [1.807, 2.05) is 12.1 Å². The number of hydrogen-bond donors (Lipinski definition) is 0. The molecule has 2 aromatic carbocycles. The molecule has 2 heteroatoms. The molecule has 0 aliphatic heterocycles. The summed E-state index contributed by atoms with van der Waals surface area (Å²) < 4.78 is 1.21. The van der Waals surface area contributed by atoms with Gasteiger partial charge in [0.15, 0.2) is 0 Å². The lowest BCUT2D eigenvalue weighted by atomic mass is 9.95. The van der Waals surface area contributed by atoms with Gasteiger partial charge in [0.05, 0.1) is 0 Å². The van der Waals surface area contributed by atoms with Crippen molar-refractivity contribution in [3.8, 4) is 11.1 Å². The molecule has 0 fully saturated rings. The molecule has 0 saturated heterocycles. The molecular weight excluding hydrogens is 355 g/mol. The third-order valence-corrected chi connectivity index (χ3v) is 3.92. The Morgan fingerprint density at radius 1 is 1.22 bits per heavy atom. The smallest absolute Gasteiger partial charge is 0.0485 e. The van der Waals surface area contributed by atoms with Gasteiger partial charge in [0.2, 0.25) is 0 Å². The fourth-order valence-electron chi connectivity index (χ4n) is 2.06. The highest BCUT2D eigenvalue weighted by molar-refractivity contribution is 14.1. The quantitative estimate of drug-likeness (QED) is 0.611. The van der Waals surface area contributed by atoms with Crippen LogP contribution in [0.25, 0.3) is 11.1 Å². The first-order valence-electron chi connectivity index (χ1n) is 6.08. The summed E-state index contributed by atoms with van der Waals surface area (Å²) >= 11 is 8.67. The second kappa shape index (κ2) is 6.07. The van der Waals surface area contributed by atoms with Gasteiger partial charge in [0.1, 0.15) is 0 Å². The molecule has 0 atom stereocenters. The maximum absolute atomic E-state index is 6.34. The van der Waals surface area contributed by atoms with Crippen molar-refractivity contribution in [1.82, 2.24) is 0 Å². The lowest BCUT2D eigenvalue weighted by molar-refractivity contribution is 0.922. The minimum absolute atomic E-state index is 0.818. The molecule has 0 aromatic heterocycles. The summed E-state index contributed by atoms with van der Waals surface area (Å²) in [7, 11) is 0. The van der Waals surface area contributed by atoms with Crippen LogP contribution >= 0.6 is 34.2 Å². The van der Waals surface area contributed by atoms with Gasteiger partial charge in [0, 0.05) is 14.2 Å². The standard InChI is InChI=1S/C16H15ClI/c1-3-4-12-6-5-11(2)9-14(12)15-10-13(18)7-8-16(15)17/h6-10H,3-4H2,1-2H3. The summed E-state index contributed by atoms with van der Waals surface area (Å²) in [5.74, 6) is 0. The summed E-state index contributed by atoms with van der Waals surface area (Å²) in [6, 6.07) is 13.7. The van der Waals surface area contributed by atoms with Crippen molar-refractivity contribution >= 4 is 34.2 Å². The normalized spacial score (nSPS) is 10.7. The number of rotatable bonds is 3. The summed E-state index contributed by atoms with van der Waals surface area (Å²) in [4.78, 5) is 0. The lowest BCUT2D eigenvalue weighted by Gasteiger charge is -2.12. The molecule has 0 aliphatic carbocycles. The van der Waals surface area contributed by atoms with Gasteiger partial charge in [-0.2, -0.15) is 0 Å². The molecule has 0 spiro atoms. The predicted octanol–water partition coefficient (Wildman–Crippen LogP) is 5.67. The minimum Gasteiger partial charge on any atom is -0.0837 e. The van der Waals surface area contributed by atoms with E-state index < -0.39 is 0 Å². The van der Waals surface area contributed by atoms with Gasteiger partial charge in [-0.05, 0) is 76.9 Å². The number of hydrogen-bond acceptors (Lipinski definition) is 0. The van der Waals surface area contributed by atoms with Gasteiger partial charge in [-0.25, -0.2) is 0 Å². The summed E-state index contributed by atoms with van der Waals surface area (Å²) in [5, 5.41) is 0.818. The van der Waals surface area contributed by atoms with Crippen LogP contribution in [0.3, 0.4) is 0 Å². The Morgan fingerprint density at radius 2 is 2.00 bits per heavy atom. The van der Waals surface area contributed by atoms with Crippen molar-refractivity contribution in [1.29, 1.82) is 0 Å². The number of benzene rings is 2. The zero-order valence-corrected chi connectivity index (χ0v) is 13.5. The van der Waals surface area contributed by atoms with Crippen molar-refractivity contribution in [3.05, 3.63) is 56.1 Å². The molecule has 1 radical (unpaired) electrons. The van der Waals surface area contributed by atoms with Crippen LogP contribution in [0, 0.1) is 16.6 Å². The Hall–Kier alpha value is -0.540. The maximum Gasteiger partial charge on any atom is 0.0485 e. The van der Waals surface area contributed by atoms with Gasteiger partial charge < -0.3 is 0 Å². The Labute approximate surface area is 128 Å². The topological polar surface area (TPSA) is 0 Å². The van der Waals surface area contributed by atoms with Crippen molar-refractivity contribution < 1.29 is 0 Å². The van der Waals surface area contributed by atoms with Crippen molar-refractivity contribution in [2.45, 2.75) is 26.7 Å². The van der Waals surface area contributed by atoms with Gasteiger partial charge in [-0.3, -0.25) is 0 Å². The Bertz CT molecular complexity index is 561. The van der Waals surface area contributed by atoms with Crippen LogP contribution in [0.5, 0.6) is 0 Å². The fraction of sp³-hybridized carbons (Fsp3) is 0.250. The van der Waals surface area contributed by atoms with E-state index in [4.69, 9.17) is 11.6 Å². The van der Waals surface area contributed by atoms with E-state index in [0.717, 1.165) is 29.0 Å². The van der Waals surface area contributed by atoms with Gasteiger partial charge in [0.25, 0.3) is 0 Å². The fourth-order valence-corrected chi connectivity index (χ4v) is 2.77. The highest BCUT2D eigenvalue weighted by atomic mass is 127. The van der Waals surface area contributed by atoms with E-state index in [-0.39, 0.29) is 0 Å². The Morgan fingerprint density at radius 3 is 2.72 bits per heavy atom. The second-order valence-corrected chi connectivity index (χ2v) is 6.08. The predicted molar refractivity (Wildman–Crippen MR) is 87.2 cm³/mol. The SMILES string of the molecule is CCCc1c[c]c(C)cc1-c1cc(I)ccc1Cl. The monoisotopic (exact) mass is 369 g/mol. The van der Waals surface area contributed by atoms with E-state index in [2.05, 4.69) is 60.7 Å². The third kappa shape index (κ3) is 3.07. The number of halogens is 2. The average Bonchev–Trinajstić information content (AvgIpc) is 2.35. The Kier molecular flexibility index (Phi) is 4.68.